The van der Waals surface area contributed by atoms with Gasteiger partial charge in [0.15, 0.2) is 0 Å². The predicted molar refractivity (Wildman–Crippen MR) is 49.1 cm³/mol. The van der Waals surface area contributed by atoms with Crippen molar-refractivity contribution in [1.82, 2.24) is 10.3 Å². The van der Waals surface area contributed by atoms with Crippen molar-refractivity contribution in [2.45, 2.75) is 12.8 Å². The zero-order valence-electron chi connectivity index (χ0n) is 7.00. The molecule has 3 nitrogen and oxygen atoms in total. The van der Waals surface area contributed by atoms with Crippen LogP contribution in [0.3, 0.4) is 0 Å². The zero-order valence-corrected chi connectivity index (χ0v) is 7.82. The van der Waals surface area contributed by atoms with Crippen LogP contribution >= 0.6 is 11.3 Å². The van der Waals surface area contributed by atoms with Crippen molar-refractivity contribution in [3.63, 3.8) is 0 Å². The second-order valence-electron chi connectivity index (χ2n) is 2.42. The molecule has 0 aromatic carbocycles. The summed E-state index contributed by atoms with van der Waals surface area (Å²) in [4.78, 5) is 4.29. The Labute approximate surface area is 76.1 Å². The van der Waals surface area contributed by atoms with Crippen molar-refractivity contribution in [3.05, 3.63) is 16.1 Å². The summed E-state index contributed by atoms with van der Waals surface area (Å²) in [5.41, 5.74) is 1.08. The topological polar surface area (TPSA) is 48.7 Å². The molecule has 1 aromatic rings. The lowest BCUT2D eigenvalue weighted by Gasteiger charge is -1.92. The molecule has 0 bridgehead atoms. The molecule has 64 valence electrons. The molecule has 0 fully saturated rings. The summed E-state index contributed by atoms with van der Waals surface area (Å²) in [6.07, 6.45) is 1.38. The Morgan fingerprint density at radius 2 is 2.58 bits per heavy atom. The van der Waals surface area contributed by atoms with Crippen LogP contribution in [0.15, 0.2) is 5.38 Å². The Kier molecular flexibility index (Phi) is 3.71. The maximum atomic E-state index is 8.41. The van der Waals surface area contributed by atoms with Gasteiger partial charge in [0.1, 0.15) is 5.01 Å². The number of hydrogen-bond acceptors (Lipinski definition) is 4. The fraction of sp³-hybridized carbons (Fsp3) is 0.500. The smallest absolute Gasteiger partial charge is 0.107 e. The molecular weight excluding hydrogens is 170 g/mol. The van der Waals surface area contributed by atoms with Crippen molar-refractivity contribution in [1.29, 1.82) is 5.26 Å². The van der Waals surface area contributed by atoms with Gasteiger partial charge in [-0.3, -0.25) is 0 Å². The highest BCUT2D eigenvalue weighted by atomic mass is 32.1. The molecule has 0 saturated carbocycles. The standard InChI is InChI=1S/C8H11N3S/c1-10-5-3-7-6-12-8(11-7)2-4-9/h6,10H,2-3,5H2,1H3. The van der Waals surface area contributed by atoms with Gasteiger partial charge in [0.25, 0.3) is 0 Å². The SMILES string of the molecule is CNCCc1csc(CC#N)n1. The van der Waals surface area contributed by atoms with Crippen LogP contribution in [0.1, 0.15) is 10.7 Å². The number of likely N-dealkylation sites (N-methyl/N-ethyl adjacent to an activating group) is 1. The Balaban J connectivity index is 2.48. The van der Waals surface area contributed by atoms with E-state index < -0.39 is 0 Å². The van der Waals surface area contributed by atoms with Crippen LogP contribution in [-0.4, -0.2) is 18.6 Å². The van der Waals surface area contributed by atoms with Crippen molar-refractivity contribution in [2.75, 3.05) is 13.6 Å². The minimum Gasteiger partial charge on any atom is -0.319 e. The molecule has 1 aromatic heterocycles. The normalized spacial score (nSPS) is 9.67. The van der Waals surface area contributed by atoms with E-state index in [0.29, 0.717) is 6.42 Å². The van der Waals surface area contributed by atoms with Gasteiger partial charge in [0.2, 0.25) is 0 Å². The van der Waals surface area contributed by atoms with Gasteiger partial charge in [0.05, 0.1) is 18.2 Å². The number of nitriles is 1. The number of rotatable bonds is 4. The molecular formula is C8H11N3S. The van der Waals surface area contributed by atoms with E-state index in [-0.39, 0.29) is 0 Å². The molecule has 1 heterocycles. The van der Waals surface area contributed by atoms with Gasteiger partial charge < -0.3 is 5.32 Å². The quantitative estimate of drug-likeness (QED) is 0.753. The molecule has 0 atom stereocenters. The van der Waals surface area contributed by atoms with E-state index in [1.807, 2.05) is 12.4 Å². The van der Waals surface area contributed by atoms with Gasteiger partial charge in [-0.05, 0) is 7.05 Å². The Morgan fingerprint density at radius 1 is 1.75 bits per heavy atom. The summed E-state index contributed by atoms with van der Waals surface area (Å²) in [7, 11) is 1.92. The van der Waals surface area contributed by atoms with Gasteiger partial charge in [-0.15, -0.1) is 11.3 Å². The van der Waals surface area contributed by atoms with E-state index in [9.17, 15) is 0 Å². The third kappa shape index (κ3) is 2.61. The van der Waals surface area contributed by atoms with Crippen LogP contribution in [0.2, 0.25) is 0 Å². The number of aromatic nitrogens is 1. The molecule has 0 aliphatic carbocycles. The van der Waals surface area contributed by atoms with Crippen molar-refractivity contribution in [3.8, 4) is 6.07 Å². The molecule has 4 heteroatoms. The summed E-state index contributed by atoms with van der Waals surface area (Å²) in [6, 6.07) is 2.09. The number of hydrogen-bond donors (Lipinski definition) is 1. The first kappa shape index (κ1) is 9.17. The van der Waals surface area contributed by atoms with Gasteiger partial charge in [-0.25, -0.2) is 4.98 Å². The van der Waals surface area contributed by atoms with Crippen molar-refractivity contribution < 1.29 is 0 Å². The molecule has 0 unspecified atom stereocenters. The van der Waals surface area contributed by atoms with Crippen LogP contribution in [0.4, 0.5) is 0 Å². The lowest BCUT2D eigenvalue weighted by atomic mass is 10.3. The van der Waals surface area contributed by atoms with Crippen LogP contribution in [-0.2, 0) is 12.8 Å². The monoisotopic (exact) mass is 181 g/mol. The summed E-state index contributed by atoms with van der Waals surface area (Å²) in [5, 5.41) is 14.4. The summed E-state index contributed by atoms with van der Waals surface area (Å²) in [6.45, 7) is 0.940. The highest BCUT2D eigenvalue weighted by Gasteiger charge is 1.99. The highest BCUT2D eigenvalue weighted by Crippen LogP contribution is 2.09. The molecule has 12 heavy (non-hydrogen) atoms. The van der Waals surface area contributed by atoms with Gasteiger partial charge in [-0.2, -0.15) is 5.26 Å². The lowest BCUT2D eigenvalue weighted by Crippen LogP contribution is -2.10. The largest absolute Gasteiger partial charge is 0.319 e. The molecule has 0 spiro atoms. The molecule has 0 amide bonds. The fourth-order valence-electron chi connectivity index (χ4n) is 0.866. The maximum absolute atomic E-state index is 8.41. The van der Waals surface area contributed by atoms with Crippen LogP contribution < -0.4 is 5.32 Å². The third-order valence-electron chi connectivity index (χ3n) is 1.46. The Bertz CT molecular complexity index is 274. The van der Waals surface area contributed by atoms with Gasteiger partial charge >= 0.3 is 0 Å². The first-order valence-electron chi connectivity index (χ1n) is 3.81. The third-order valence-corrected chi connectivity index (χ3v) is 2.36. The van der Waals surface area contributed by atoms with E-state index >= 15 is 0 Å². The van der Waals surface area contributed by atoms with Crippen LogP contribution in [0.5, 0.6) is 0 Å². The number of nitrogens with one attached hydrogen (secondary N) is 1. The van der Waals surface area contributed by atoms with E-state index in [1.165, 1.54) is 0 Å². The predicted octanol–water partition coefficient (Wildman–Crippen LogP) is 0.971. The highest BCUT2D eigenvalue weighted by molar-refractivity contribution is 7.09. The van der Waals surface area contributed by atoms with Crippen LogP contribution in [0, 0.1) is 11.3 Å². The minimum absolute atomic E-state index is 0.435. The Hall–Kier alpha value is -0.920. The average Bonchev–Trinajstić information content (AvgIpc) is 2.50. The maximum Gasteiger partial charge on any atom is 0.107 e. The summed E-state index contributed by atoms with van der Waals surface area (Å²) in [5.74, 6) is 0. The summed E-state index contributed by atoms with van der Waals surface area (Å²) < 4.78 is 0. The van der Waals surface area contributed by atoms with E-state index in [1.54, 1.807) is 11.3 Å². The van der Waals surface area contributed by atoms with E-state index in [0.717, 1.165) is 23.7 Å². The summed E-state index contributed by atoms with van der Waals surface area (Å²) >= 11 is 1.56. The first-order valence-corrected chi connectivity index (χ1v) is 4.69. The van der Waals surface area contributed by atoms with Gasteiger partial charge in [-0.1, -0.05) is 0 Å². The minimum atomic E-state index is 0.435. The molecule has 0 saturated heterocycles. The van der Waals surface area contributed by atoms with Crippen molar-refractivity contribution in [2.24, 2.45) is 0 Å². The van der Waals surface area contributed by atoms with E-state index in [4.69, 9.17) is 5.26 Å². The Morgan fingerprint density at radius 3 is 3.25 bits per heavy atom. The van der Waals surface area contributed by atoms with Crippen molar-refractivity contribution >= 4 is 11.3 Å². The van der Waals surface area contributed by atoms with Crippen LogP contribution in [0.25, 0.3) is 0 Å². The average molecular weight is 181 g/mol. The molecule has 0 aliphatic rings. The molecule has 0 aliphatic heterocycles. The van der Waals surface area contributed by atoms with E-state index in [2.05, 4.69) is 16.4 Å². The second kappa shape index (κ2) is 4.86. The number of thiazole rings is 1. The zero-order chi connectivity index (χ0) is 8.81. The van der Waals surface area contributed by atoms with Gasteiger partial charge in [0, 0.05) is 18.3 Å². The fourth-order valence-corrected chi connectivity index (χ4v) is 1.63. The molecule has 0 radical (unpaired) electrons. The lowest BCUT2D eigenvalue weighted by molar-refractivity contribution is 0.778. The molecule has 1 N–H and O–H groups in total. The second-order valence-corrected chi connectivity index (χ2v) is 3.36. The first-order chi connectivity index (χ1) is 5.86. The molecule has 1 rings (SSSR count). The number of nitrogens with zero attached hydrogens (tertiary/aromatic N) is 2.